The van der Waals surface area contributed by atoms with Gasteiger partial charge in [-0.25, -0.2) is 0 Å². The number of ether oxygens (including phenoxy) is 1. The maximum absolute atomic E-state index is 13.1. The van der Waals surface area contributed by atoms with Crippen LogP contribution in [0.25, 0.3) is 11.4 Å². The summed E-state index contributed by atoms with van der Waals surface area (Å²) in [6.07, 6.45) is 3.35. The zero-order chi connectivity index (χ0) is 20.9. The van der Waals surface area contributed by atoms with Gasteiger partial charge in [-0.05, 0) is 48.9 Å². The Balaban J connectivity index is 1.66. The fourth-order valence-corrected chi connectivity index (χ4v) is 2.93. The first-order valence-corrected chi connectivity index (χ1v) is 9.49. The minimum Gasteiger partial charge on any atom is -0.497 e. The minimum absolute atomic E-state index is 0.285. The molecule has 0 fully saturated rings. The number of benzene rings is 2. The van der Waals surface area contributed by atoms with Gasteiger partial charge in [0.15, 0.2) is 5.82 Å². The third-order valence-corrected chi connectivity index (χ3v) is 4.63. The Labute approximate surface area is 174 Å². The molecule has 0 atom stereocenters. The Hall–Kier alpha value is -4.00. The van der Waals surface area contributed by atoms with Gasteiger partial charge in [-0.2, -0.15) is 9.67 Å². The van der Waals surface area contributed by atoms with Gasteiger partial charge in [0.25, 0.3) is 5.91 Å². The smallest absolute Gasteiger partial charge is 0.281 e. The van der Waals surface area contributed by atoms with E-state index in [0.29, 0.717) is 29.6 Å². The summed E-state index contributed by atoms with van der Waals surface area (Å²) in [5.41, 5.74) is 3.49. The Morgan fingerprint density at radius 1 is 1.07 bits per heavy atom. The monoisotopic (exact) mass is 399 g/mol. The van der Waals surface area contributed by atoms with E-state index in [1.165, 1.54) is 10.2 Å². The molecule has 0 saturated carbocycles. The van der Waals surface area contributed by atoms with Crippen molar-refractivity contribution in [2.75, 3.05) is 12.4 Å². The number of anilines is 1. The van der Waals surface area contributed by atoms with E-state index in [0.717, 1.165) is 11.1 Å². The van der Waals surface area contributed by atoms with E-state index in [1.54, 1.807) is 49.8 Å². The largest absolute Gasteiger partial charge is 0.497 e. The molecule has 0 bridgehead atoms. The lowest BCUT2D eigenvalue weighted by molar-refractivity contribution is 0.0947. The van der Waals surface area contributed by atoms with Crippen LogP contribution in [0, 0.1) is 6.92 Å². The topological polar surface area (TPSA) is 81.9 Å². The maximum Gasteiger partial charge on any atom is 0.281 e. The van der Waals surface area contributed by atoms with Crippen molar-refractivity contribution in [2.45, 2.75) is 13.5 Å². The molecule has 0 radical (unpaired) electrons. The fraction of sp³-hybridized carbons (Fsp3) is 0.130. The lowest BCUT2D eigenvalue weighted by atomic mass is 10.1. The van der Waals surface area contributed by atoms with E-state index in [1.807, 2.05) is 37.3 Å². The molecule has 0 aliphatic rings. The molecule has 0 aliphatic carbocycles. The number of carbonyl (C=O) groups excluding carboxylic acids is 1. The highest BCUT2D eigenvalue weighted by Crippen LogP contribution is 2.20. The van der Waals surface area contributed by atoms with Crippen molar-refractivity contribution in [1.82, 2.24) is 19.7 Å². The molecule has 7 nitrogen and oxygen atoms in total. The van der Waals surface area contributed by atoms with Crippen molar-refractivity contribution < 1.29 is 9.53 Å². The predicted molar refractivity (Wildman–Crippen MR) is 114 cm³/mol. The summed E-state index contributed by atoms with van der Waals surface area (Å²) in [7, 11) is 1.58. The number of aryl methyl sites for hydroxylation is 1. The minimum atomic E-state index is -0.285. The first-order chi connectivity index (χ1) is 14.6. The van der Waals surface area contributed by atoms with Gasteiger partial charge in [0.2, 0.25) is 5.95 Å². The highest BCUT2D eigenvalue weighted by atomic mass is 16.5. The van der Waals surface area contributed by atoms with E-state index < -0.39 is 0 Å². The van der Waals surface area contributed by atoms with Gasteiger partial charge in [0.1, 0.15) is 5.75 Å². The van der Waals surface area contributed by atoms with Crippen LogP contribution in [0.15, 0.2) is 73.1 Å². The molecule has 1 N–H and O–H groups in total. The molecule has 0 spiro atoms. The number of hydrogen-bond acceptors (Lipinski definition) is 6. The lowest BCUT2D eigenvalue weighted by Crippen LogP contribution is -2.17. The molecule has 30 heavy (non-hydrogen) atoms. The summed E-state index contributed by atoms with van der Waals surface area (Å²) in [4.78, 5) is 21.8. The molecule has 2 aromatic heterocycles. The maximum atomic E-state index is 13.1. The number of pyridine rings is 1. The van der Waals surface area contributed by atoms with Crippen LogP contribution in [0.3, 0.4) is 0 Å². The van der Waals surface area contributed by atoms with Crippen LogP contribution in [0.4, 0.5) is 5.95 Å². The number of nitrogens with one attached hydrogen (secondary N) is 1. The first-order valence-electron chi connectivity index (χ1n) is 9.49. The second-order valence-electron chi connectivity index (χ2n) is 6.79. The van der Waals surface area contributed by atoms with Crippen LogP contribution in [0.2, 0.25) is 0 Å². The predicted octanol–water partition coefficient (Wildman–Crippen LogP) is 3.96. The number of methoxy groups -OCH3 is 1. The number of nitrogens with zero attached hydrogens (tertiary/aromatic N) is 4. The molecule has 7 heteroatoms. The highest BCUT2D eigenvalue weighted by molar-refractivity contribution is 5.97. The average Bonchev–Trinajstić information content (AvgIpc) is 3.23. The van der Waals surface area contributed by atoms with Crippen LogP contribution in [-0.2, 0) is 6.54 Å². The van der Waals surface area contributed by atoms with Gasteiger partial charge in [0, 0.05) is 30.1 Å². The van der Waals surface area contributed by atoms with Crippen molar-refractivity contribution in [3.05, 3.63) is 89.7 Å². The SMILES string of the molecule is COc1ccc(C(=O)n2nc(-c3cccnc3)nc2NCc2ccc(C)cc2)cc1. The molecule has 4 aromatic rings. The highest BCUT2D eigenvalue weighted by Gasteiger charge is 2.19. The standard InChI is InChI=1S/C23H21N5O2/c1-16-5-7-17(8-6-16)14-25-23-26-21(19-4-3-13-24-15-19)27-28(23)22(29)18-9-11-20(30-2)12-10-18/h3-13,15H,14H2,1-2H3,(H,25,26,27). The van der Waals surface area contributed by atoms with E-state index >= 15 is 0 Å². The summed E-state index contributed by atoms with van der Waals surface area (Å²) in [6, 6.07) is 18.7. The second kappa shape index (κ2) is 8.57. The molecule has 150 valence electrons. The Kier molecular flexibility index (Phi) is 5.52. The quantitative estimate of drug-likeness (QED) is 0.529. The lowest BCUT2D eigenvalue weighted by Gasteiger charge is -2.08. The number of hydrogen-bond donors (Lipinski definition) is 1. The van der Waals surface area contributed by atoms with Gasteiger partial charge < -0.3 is 10.1 Å². The van der Waals surface area contributed by atoms with E-state index in [-0.39, 0.29) is 5.91 Å². The first kappa shape index (κ1) is 19.3. The second-order valence-corrected chi connectivity index (χ2v) is 6.79. The summed E-state index contributed by atoms with van der Waals surface area (Å²) < 4.78 is 6.46. The van der Waals surface area contributed by atoms with Crippen molar-refractivity contribution in [1.29, 1.82) is 0 Å². The molecular formula is C23H21N5O2. The number of rotatable bonds is 6. The molecule has 0 amide bonds. The van der Waals surface area contributed by atoms with E-state index in [4.69, 9.17) is 4.74 Å². The van der Waals surface area contributed by atoms with Crippen LogP contribution < -0.4 is 10.1 Å². The van der Waals surface area contributed by atoms with Crippen molar-refractivity contribution in [3.63, 3.8) is 0 Å². The molecular weight excluding hydrogens is 378 g/mol. The van der Waals surface area contributed by atoms with E-state index in [9.17, 15) is 4.79 Å². The zero-order valence-electron chi connectivity index (χ0n) is 16.7. The van der Waals surface area contributed by atoms with Gasteiger partial charge in [-0.15, -0.1) is 5.10 Å². The van der Waals surface area contributed by atoms with Gasteiger partial charge in [-0.1, -0.05) is 29.8 Å². The van der Waals surface area contributed by atoms with Crippen molar-refractivity contribution in [3.8, 4) is 17.1 Å². The van der Waals surface area contributed by atoms with Gasteiger partial charge >= 0.3 is 0 Å². The summed E-state index contributed by atoms with van der Waals surface area (Å²) in [6.45, 7) is 2.56. The van der Waals surface area contributed by atoms with Crippen molar-refractivity contribution >= 4 is 11.9 Å². The molecule has 4 rings (SSSR count). The summed E-state index contributed by atoms with van der Waals surface area (Å²) in [5, 5.41) is 7.68. The molecule has 0 unspecified atom stereocenters. The normalized spacial score (nSPS) is 10.6. The van der Waals surface area contributed by atoms with E-state index in [2.05, 4.69) is 20.4 Å². The third-order valence-electron chi connectivity index (χ3n) is 4.63. The van der Waals surface area contributed by atoms with Crippen LogP contribution in [0.5, 0.6) is 5.75 Å². The Morgan fingerprint density at radius 2 is 1.83 bits per heavy atom. The number of carbonyl (C=O) groups is 1. The molecule has 2 aromatic carbocycles. The molecule has 0 aliphatic heterocycles. The molecule has 0 saturated heterocycles. The molecule has 2 heterocycles. The zero-order valence-corrected chi connectivity index (χ0v) is 16.7. The van der Waals surface area contributed by atoms with Crippen LogP contribution in [-0.4, -0.2) is 32.8 Å². The Bertz CT molecular complexity index is 1140. The summed E-state index contributed by atoms with van der Waals surface area (Å²) in [5.74, 6) is 1.19. The van der Waals surface area contributed by atoms with Gasteiger partial charge in [0.05, 0.1) is 7.11 Å². The van der Waals surface area contributed by atoms with Gasteiger partial charge in [-0.3, -0.25) is 9.78 Å². The van der Waals surface area contributed by atoms with Crippen molar-refractivity contribution in [2.24, 2.45) is 0 Å². The Morgan fingerprint density at radius 3 is 2.50 bits per heavy atom. The summed E-state index contributed by atoms with van der Waals surface area (Å²) >= 11 is 0. The number of aromatic nitrogens is 4. The fourth-order valence-electron chi connectivity index (χ4n) is 2.93. The average molecular weight is 399 g/mol. The van der Waals surface area contributed by atoms with Crippen LogP contribution in [0.1, 0.15) is 21.5 Å². The third kappa shape index (κ3) is 4.20. The van der Waals surface area contributed by atoms with Crippen LogP contribution >= 0.6 is 0 Å².